The Bertz CT molecular complexity index is 1370. The number of H-pyrrole nitrogens is 1. The average molecular weight is 461 g/mol. The lowest BCUT2D eigenvalue weighted by Crippen LogP contribution is -2.33. The van der Waals surface area contributed by atoms with Crippen LogP contribution in [0.25, 0.3) is 22.2 Å². The SMILES string of the molecule is Cc1c(-c2ccc(N3CCCC3COCc3ccccc3)cc2)[nH]c2cc(F)cc(F)c2c1=O. The highest BCUT2D eigenvalue weighted by molar-refractivity contribution is 5.84. The fraction of sp³-hybridized carbons (Fsp3) is 0.250. The lowest BCUT2D eigenvalue weighted by molar-refractivity contribution is 0.108. The number of ether oxygens (including phenoxy) is 1. The second-order valence-corrected chi connectivity index (χ2v) is 8.80. The van der Waals surface area contributed by atoms with E-state index in [1.165, 1.54) is 0 Å². The van der Waals surface area contributed by atoms with Crippen LogP contribution >= 0.6 is 0 Å². The van der Waals surface area contributed by atoms with Gasteiger partial charge in [-0.15, -0.1) is 0 Å². The van der Waals surface area contributed by atoms with Crippen LogP contribution < -0.4 is 10.3 Å². The van der Waals surface area contributed by atoms with E-state index in [9.17, 15) is 13.6 Å². The first-order chi connectivity index (χ1) is 16.5. The molecule has 174 valence electrons. The van der Waals surface area contributed by atoms with Crippen molar-refractivity contribution in [2.75, 3.05) is 18.1 Å². The molecular weight excluding hydrogens is 434 g/mol. The van der Waals surface area contributed by atoms with Crippen molar-refractivity contribution < 1.29 is 13.5 Å². The third-order valence-electron chi connectivity index (χ3n) is 6.54. The number of pyridine rings is 1. The van der Waals surface area contributed by atoms with Crippen LogP contribution in [0.2, 0.25) is 0 Å². The number of benzene rings is 3. The molecule has 2 heterocycles. The van der Waals surface area contributed by atoms with E-state index in [1.807, 2.05) is 42.5 Å². The van der Waals surface area contributed by atoms with E-state index >= 15 is 0 Å². The molecule has 0 saturated carbocycles. The van der Waals surface area contributed by atoms with E-state index in [-0.39, 0.29) is 10.9 Å². The zero-order valence-corrected chi connectivity index (χ0v) is 19.0. The molecule has 1 atom stereocenters. The minimum atomic E-state index is -0.851. The molecule has 6 heteroatoms. The summed E-state index contributed by atoms with van der Waals surface area (Å²) in [6.45, 7) is 3.87. The van der Waals surface area contributed by atoms with Crippen molar-refractivity contribution >= 4 is 16.6 Å². The van der Waals surface area contributed by atoms with E-state index in [1.54, 1.807) is 6.92 Å². The molecule has 3 aromatic carbocycles. The Kier molecular flexibility index (Phi) is 6.16. The van der Waals surface area contributed by atoms with E-state index in [0.717, 1.165) is 48.3 Å². The largest absolute Gasteiger partial charge is 0.375 e. The third kappa shape index (κ3) is 4.33. The fourth-order valence-electron chi connectivity index (χ4n) is 4.78. The third-order valence-corrected chi connectivity index (χ3v) is 6.54. The van der Waals surface area contributed by atoms with Gasteiger partial charge in [0, 0.05) is 23.9 Å². The van der Waals surface area contributed by atoms with E-state index in [4.69, 9.17) is 4.74 Å². The second-order valence-electron chi connectivity index (χ2n) is 8.80. The maximum Gasteiger partial charge on any atom is 0.195 e. The number of halogens is 2. The Morgan fingerprint density at radius 2 is 1.82 bits per heavy atom. The van der Waals surface area contributed by atoms with Crippen molar-refractivity contribution in [3.63, 3.8) is 0 Å². The molecule has 1 aromatic heterocycles. The van der Waals surface area contributed by atoms with E-state index in [0.29, 0.717) is 30.5 Å². The van der Waals surface area contributed by atoms with Gasteiger partial charge in [-0.3, -0.25) is 4.79 Å². The number of aromatic amines is 1. The van der Waals surface area contributed by atoms with E-state index < -0.39 is 17.1 Å². The summed E-state index contributed by atoms with van der Waals surface area (Å²) in [5.74, 6) is -1.57. The first kappa shape index (κ1) is 22.3. The predicted molar refractivity (Wildman–Crippen MR) is 131 cm³/mol. The van der Waals surface area contributed by atoms with Crippen LogP contribution in [-0.2, 0) is 11.3 Å². The highest BCUT2D eigenvalue weighted by Crippen LogP contribution is 2.30. The van der Waals surface area contributed by atoms with Crippen LogP contribution in [0.1, 0.15) is 24.0 Å². The van der Waals surface area contributed by atoms with Crippen molar-refractivity contribution in [3.8, 4) is 11.3 Å². The van der Waals surface area contributed by atoms with Gasteiger partial charge in [0.25, 0.3) is 0 Å². The first-order valence-corrected chi connectivity index (χ1v) is 11.5. The summed E-state index contributed by atoms with van der Waals surface area (Å²) in [6, 6.07) is 20.3. The molecule has 1 aliphatic heterocycles. The number of nitrogens with zero attached hydrogens (tertiary/aromatic N) is 1. The molecule has 4 nitrogen and oxygen atoms in total. The number of nitrogens with one attached hydrogen (secondary N) is 1. The van der Waals surface area contributed by atoms with Gasteiger partial charge in [0.2, 0.25) is 0 Å². The average Bonchev–Trinajstić information content (AvgIpc) is 3.30. The fourth-order valence-corrected chi connectivity index (χ4v) is 4.78. The summed E-state index contributed by atoms with van der Waals surface area (Å²) in [6.07, 6.45) is 2.18. The monoisotopic (exact) mass is 460 g/mol. The Morgan fingerprint density at radius 1 is 1.06 bits per heavy atom. The maximum atomic E-state index is 14.2. The van der Waals surface area contributed by atoms with E-state index in [2.05, 4.69) is 22.0 Å². The van der Waals surface area contributed by atoms with Gasteiger partial charge in [-0.2, -0.15) is 0 Å². The standard InChI is InChI=1S/C28H26F2N2O2/c1-18-27(31-25-15-21(29)14-24(30)26(25)28(18)33)20-9-11-22(12-10-20)32-13-5-8-23(32)17-34-16-19-6-3-2-4-7-19/h2-4,6-7,9-12,14-15,23H,5,8,13,16-17H2,1H3,(H,31,33). The van der Waals surface area contributed by atoms with Gasteiger partial charge in [-0.05, 0) is 49.1 Å². The van der Waals surface area contributed by atoms with Crippen molar-refractivity contribution in [3.05, 3.63) is 99.7 Å². The molecule has 1 saturated heterocycles. The smallest absolute Gasteiger partial charge is 0.195 e. The Morgan fingerprint density at radius 3 is 2.59 bits per heavy atom. The van der Waals surface area contributed by atoms with Gasteiger partial charge in [0.1, 0.15) is 11.6 Å². The molecule has 1 N–H and O–H groups in total. The number of aromatic nitrogens is 1. The summed E-state index contributed by atoms with van der Waals surface area (Å²) in [4.78, 5) is 18.2. The minimum Gasteiger partial charge on any atom is -0.375 e. The molecular formula is C28H26F2N2O2. The zero-order chi connectivity index (χ0) is 23.7. The normalized spacial score (nSPS) is 15.9. The zero-order valence-electron chi connectivity index (χ0n) is 19.0. The van der Waals surface area contributed by atoms with Crippen LogP contribution in [0.5, 0.6) is 0 Å². The van der Waals surface area contributed by atoms with Crippen molar-refractivity contribution in [1.82, 2.24) is 4.98 Å². The summed E-state index contributed by atoms with van der Waals surface area (Å²) in [7, 11) is 0. The van der Waals surface area contributed by atoms with Crippen LogP contribution in [0.4, 0.5) is 14.5 Å². The number of fused-ring (bicyclic) bond motifs is 1. The van der Waals surface area contributed by atoms with Crippen LogP contribution in [0, 0.1) is 18.6 Å². The second kappa shape index (κ2) is 9.39. The number of rotatable bonds is 6. The number of hydrogen-bond donors (Lipinski definition) is 1. The molecule has 4 aromatic rings. The number of hydrogen-bond acceptors (Lipinski definition) is 3. The molecule has 34 heavy (non-hydrogen) atoms. The summed E-state index contributed by atoms with van der Waals surface area (Å²) >= 11 is 0. The predicted octanol–water partition coefficient (Wildman–Crippen LogP) is 5.97. The Balaban J connectivity index is 1.36. The molecule has 0 spiro atoms. The van der Waals surface area contributed by atoms with Gasteiger partial charge in [0.05, 0.1) is 35.9 Å². The topological polar surface area (TPSA) is 45.3 Å². The summed E-state index contributed by atoms with van der Waals surface area (Å²) in [5, 5.41) is -0.116. The Labute approximate surface area is 196 Å². The molecule has 0 aliphatic carbocycles. The van der Waals surface area contributed by atoms with Gasteiger partial charge in [-0.25, -0.2) is 8.78 Å². The van der Waals surface area contributed by atoms with Gasteiger partial charge >= 0.3 is 0 Å². The molecule has 0 amide bonds. The van der Waals surface area contributed by atoms with Gasteiger partial charge < -0.3 is 14.6 Å². The molecule has 0 bridgehead atoms. The maximum absolute atomic E-state index is 14.2. The molecule has 5 rings (SSSR count). The lowest BCUT2D eigenvalue weighted by atomic mass is 10.0. The minimum absolute atomic E-state index is 0.116. The van der Waals surface area contributed by atoms with Gasteiger partial charge in [-0.1, -0.05) is 42.5 Å². The quantitative estimate of drug-likeness (QED) is 0.386. The molecule has 1 unspecified atom stereocenters. The summed E-state index contributed by atoms with van der Waals surface area (Å²) < 4.78 is 33.9. The molecule has 1 fully saturated rings. The first-order valence-electron chi connectivity index (χ1n) is 11.5. The van der Waals surface area contributed by atoms with Crippen LogP contribution in [0.3, 0.4) is 0 Å². The van der Waals surface area contributed by atoms with Crippen LogP contribution in [0.15, 0.2) is 71.5 Å². The lowest BCUT2D eigenvalue weighted by Gasteiger charge is -2.27. The molecule has 1 aliphatic rings. The van der Waals surface area contributed by atoms with Crippen molar-refractivity contribution in [1.29, 1.82) is 0 Å². The highest BCUT2D eigenvalue weighted by atomic mass is 19.1. The van der Waals surface area contributed by atoms with Crippen molar-refractivity contribution in [2.45, 2.75) is 32.4 Å². The molecule has 0 radical (unpaired) electrons. The van der Waals surface area contributed by atoms with Crippen molar-refractivity contribution in [2.24, 2.45) is 0 Å². The summed E-state index contributed by atoms with van der Waals surface area (Å²) in [5.41, 5.74) is 3.74. The number of anilines is 1. The van der Waals surface area contributed by atoms with Crippen LogP contribution in [-0.4, -0.2) is 24.2 Å². The highest BCUT2D eigenvalue weighted by Gasteiger charge is 2.25. The Hall–Kier alpha value is -3.51. The van der Waals surface area contributed by atoms with Gasteiger partial charge in [0.15, 0.2) is 5.43 Å².